The second-order valence-electron chi connectivity index (χ2n) is 6.90. The molecule has 3 heterocycles. The van der Waals surface area contributed by atoms with Crippen LogP contribution in [0.2, 0.25) is 0 Å². The molecule has 3 rings (SSSR count). The number of rotatable bonds is 4. The van der Waals surface area contributed by atoms with Gasteiger partial charge in [-0.25, -0.2) is 4.98 Å². The quantitative estimate of drug-likeness (QED) is 0.850. The summed E-state index contributed by atoms with van der Waals surface area (Å²) in [4.78, 5) is 32.3. The van der Waals surface area contributed by atoms with Crippen LogP contribution in [0.25, 0.3) is 0 Å². The van der Waals surface area contributed by atoms with E-state index in [0.29, 0.717) is 18.4 Å². The predicted molar refractivity (Wildman–Crippen MR) is 87.0 cm³/mol. The summed E-state index contributed by atoms with van der Waals surface area (Å²) in [6, 6.07) is 0.293. The van der Waals surface area contributed by atoms with Crippen molar-refractivity contribution in [3.05, 3.63) is 18.2 Å². The molecule has 6 nitrogen and oxygen atoms in total. The maximum Gasteiger partial charge on any atom is 0.242 e. The fourth-order valence-corrected chi connectivity index (χ4v) is 3.62. The molecule has 2 aliphatic rings. The number of likely N-dealkylation sites (tertiary alicyclic amines) is 2. The number of carbonyl (C=O) groups excluding carboxylic acids is 2. The molecule has 1 atom stereocenters. The third kappa shape index (κ3) is 3.41. The van der Waals surface area contributed by atoms with Crippen LogP contribution in [0.1, 0.15) is 57.3 Å². The Kier molecular flexibility index (Phi) is 4.68. The number of aromatic nitrogens is 2. The Hall–Kier alpha value is -1.85. The van der Waals surface area contributed by atoms with E-state index in [9.17, 15) is 9.59 Å². The molecule has 2 amide bonds. The lowest BCUT2D eigenvalue weighted by atomic mass is 10.0. The molecule has 0 saturated carbocycles. The largest absolute Gasteiger partial charge is 0.339 e. The molecule has 0 aliphatic carbocycles. The van der Waals surface area contributed by atoms with Crippen LogP contribution in [-0.2, 0) is 9.59 Å². The lowest BCUT2D eigenvalue weighted by molar-refractivity contribution is -0.139. The van der Waals surface area contributed by atoms with Gasteiger partial charge >= 0.3 is 0 Å². The van der Waals surface area contributed by atoms with Gasteiger partial charge in [-0.05, 0) is 19.3 Å². The van der Waals surface area contributed by atoms with E-state index in [1.165, 1.54) is 0 Å². The summed E-state index contributed by atoms with van der Waals surface area (Å²) in [6.07, 6.45) is 7.41. The minimum atomic E-state index is 0.0798. The molecule has 2 fully saturated rings. The Balaban J connectivity index is 1.64. The van der Waals surface area contributed by atoms with Crippen LogP contribution in [0, 0.1) is 0 Å². The zero-order chi connectivity index (χ0) is 16.4. The maximum absolute atomic E-state index is 12.5. The number of imidazole rings is 1. The van der Waals surface area contributed by atoms with E-state index in [1.54, 1.807) is 4.90 Å². The van der Waals surface area contributed by atoms with Crippen molar-refractivity contribution in [2.24, 2.45) is 0 Å². The van der Waals surface area contributed by atoms with E-state index in [1.807, 2.05) is 17.3 Å². The summed E-state index contributed by atoms with van der Waals surface area (Å²) in [6.45, 7) is 6.76. The van der Waals surface area contributed by atoms with Crippen molar-refractivity contribution in [3.8, 4) is 0 Å². The third-order valence-corrected chi connectivity index (χ3v) is 4.86. The van der Waals surface area contributed by atoms with E-state index < -0.39 is 0 Å². The summed E-state index contributed by atoms with van der Waals surface area (Å²) < 4.78 is 2.23. The van der Waals surface area contributed by atoms with Crippen molar-refractivity contribution in [2.45, 2.75) is 51.5 Å². The normalized spacial score (nSPS) is 22.2. The highest BCUT2D eigenvalue weighted by atomic mass is 16.2. The number of piperidine rings is 1. The van der Waals surface area contributed by atoms with Crippen LogP contribution in [0.15, 0.2) is 12.4 Å². The first-order valence-corrected chi connectivity index (χ1v) is 8.64. The Morgan fingerprint density at radius 1 is 1.35 bits per heavy atom. The standard InChI is InChI=1S/C17H26N4O2/c1-13(2)17-18-7-10-21(17)14-5-3-8-19(11-14)16(23)12-20-9-4-6-15(20)22/h7,10,13-14H,3-6,8-9,11-12H2,1-2H3/t14-/m1/s1. The second kappa shape index (κ2) is 6.72. The van der Waals surface area contributed by atoms with Crippen molar-refractivity contribution in [1.29, 1.82) is 0 Å². The first-order valence-electron chi connectivity index (χ1n) is 8.64. The monoisotopic (exact) mass is 318 g/mol. The lowest BCUT2D eigenvalue weighted by Gasteiger charge is -2.35. The molecule has 126 valence electrons. The van der Waals surface area contributed by atoms with Gasteiger partial charge < -0.3 is 14.4 Å². The first kappa shape index (κ1) is 16.0. The van der Waals surface area contributed by atoms with Gasteiger partial charge in [0.1, 0.15) is 5.82 Å². The first-order chi connectivity index (χ1) is 11.1. The van der Waals surface area contributed by atoms with Gasteiger partial charge in [0, 0.05) is 44.4 Å². The van der Waals surface area contributed by atoms with Crippen LogP contribution in [0.4, 0.5) is 0 Å². The van der Waals surface area contributed by atoms with Gasteiger partial charge in [-0.15, -0.1) is 0 Å². The average molecular weight is 318 g/mol. The molecule has 0 N–H and O–H groups in total. The van der Waals surface area contributed by atoms with Crippen LogP contribution >= 0.6 is 0 Å². The van der Waals surface area contributed by atoms with Gasteiger partial charge in [-0.2, -0.15) is 0 Å². The van der Waals surface area contributed by atoms with Gasteiger partial charge in [-0.1, -0.05) is 13.8 Å². The number of hydrogen-bond donors (Lipinski definition) is 0. The minimum absolute atomic E-state index is 0.0798. The van der Waals surface area contributed by atoms with Crippen LogP contribution < -0.4 is 0 Å². The molecule has 0 radical (unpaired) electrons. The van der Waals surface area contributed by atoms with E-state index in [2.05, 4.69) is 23.4 Å². The fraction of sp³-hybridized carbons (Fsp3) is 0.706. The molecule has 2 saturated heterocycles. The maximum atomic E-state index is 12.5. The fourth-order valence-electron chi connectivity index (χ4n) is 3.62. The van der Waals surface area contributed by atoms with Crippen LogP contribution in [-0.4, -0.2) is 57.3 Å². The number of amides is 2. The molecule has 0 bridgehead atoms. The number of hydrogen-bond acceptors (Lipinski definition) is 3. The van der Waals surface area contributed by atoms with E-state index in [0.717, 1.165) is 44.7 Å². The highest BCUT2D eigenvalue weighted by Gasteiger charge is 2.29. The van der Waals surface area contributed by atoms with Crippen LogP contribution in [0.5, 0.6) is 0 Å². The summed E-state index contributed by atoms with van der Waals surface area (Å²) in [5, 5.41) is 0. The number of nitrogens with zero attached hydrogens (tertiary/aromatic N) is 4. The Morgan fingerprint density at radius 2 is 2.17 bits per heavy atom. The predicted octanol–water partition coefficient (Wildman–Crippen LogP) is 1.79. The lowest BCUT2D eigenvalue weighted by Crippen LogP contribution is -2.46. The Labute approximate surface area is 137 Å². The molecule has 1 aromatic heterocycles. The molecular weight excluding hydrogens is 292 g/mol. The third-order valence-electron chi connectivity index (χ3n) is 4.86. The smallest absolute Gasteiger partial charge is 0.242 e. The summed E-state index contributed by atoms with van der Waals surface area (Å²) >= 11 is 0. The summed E-state index contributed by atoms with van der Waals surface area (Å²) in [5.41, 5.74) is 0. The zero-order valence-electron chi connectivity index (χ0n) is 14.1. The molecule has 0 spiro atoms. The number of carbonyl (C=O) groups is 2. The highest BCUT2D eigenvalue weighted by Crippen LogP contribution is 2.25. The van der Waals surface area contributed by atoms with Gasteiger partial charge in [0.15, 0.2) is 0 Å². The SMILES string of the molecule is CC(C)c1nccn1[C@@H]1CCCN(C(=O)CN2CCCC2=O)C1. The molecule has 2 aliphatic heterocycles. The summed E-state index contributed by atoms with van der Waals surface area (Å²) in [5.74, 6) is 1.65. The molecule has 23 heavy (non-hydrogen) atoms. The van der Waals surface area contributed by atoms with Crippen molar-refractivity contribution >= 4 is 11.8 Å². The van der Waals surface area contributed by atoms with Gasteiger partial charge in [0.05, 0.1) is 12.6 Å². The molecule has 0 aromatic carbocycles. The summed E-state index contributed by atoms with van der Waals surface area (Å²) in [7, 11) is 0. The Bertz CT molecular complexity index is 581. The van der Waals surface area contributed by atoms with Gasteiger partial charge in [0.25, 0.3) is 0 Å². The Morgan fingerprint density at radius 3 is 2.87 bits per heavy atom. The van der Waals surface area contributed by atoms with Crippen molar-refractivity contribution in [2.75, 3.05) is 26.2 Å². The zero-order valence-corrected chi connectivity index (χ0v) is 14.1. The van der Waals surface area contributed by atoms with E-state index >= 15 is 0 Å². The van der Waals surface area contributed by atoms with Crippen molar-refractivity contribution < 1.29 is 9.59 Å². The molecule has 1 aromatic rings. The van der Waals surface area contributed by atoms with Gasteiger partial charge in [0.2, 0.25) is 11.8 Å². The van der Waals surface area contributed by atoms with Gasteiger partial charge in [-0.3, -0.25) is 9.59 Å². The van der Waals surface area contributed by atoms with Crippen LogP contribution in [0.3, 0.4) is 0 Å². The van der Waals surface area contributed by atoms with Crippen molar-refractivity contribution in [3.63, 3.8) is 0 Å². The van der Waals surface area contributed by atoms with E-state index in [4.69, 9.17) is 0 Å². The minimum Gasteiger partial charge on any atom is -0.339 e. The second-order valence-corrected chi connectivity index (χ2v) is 6.90. The molecule has 6 heteroatoms. The molecular formula is C17H26N4O2. The highest BCUT2D eigenvalue weighted by molar-refractivity contribution is 5.85. The van der Waals surface area contributed by atoms with Crippen molar-refractivity contribution in [1.82, 2.24) is 19.4 Å². The average Bonchev–Trinajstić information content (AvgIpc) is 3.17. The topological polar surface area (TPSA) is 58.4 Å². The molecule has 0 unspecified atom stereocenters. The van der Waals surface area contributed by atoms with E-state index in [-0.39, 0.29) is 18.4 Å².